The van der Waals surface area contributed by atoms with E-state index in [9.17, 15) is 4.39 Å². The number of nitrogens with two attached hydrogens (primary N) is 1. The van der Waals surface area contributed by atoms with E-state index >= 15 is 0 Å². The molecule has 0 bridgehead atoms. The van der Waals surface area contributed by atoms with Gasteiger partial charge < -0.3 is 5.73 Å². The SMILES string of the molecule is NCC(c1cccc(Cl)c1F)N1CCC[C@H]2CCCC[C@H]21. The van der Waals surface area contributed by atoms with Crippen molar-refractivity contribution in [2.24, 2.45) is 11.7 Å². The quantitative estimate of drug-likeness (QED) is 0.909. The van der Waals surface area contributed by atoms with Gasteiger partial charge in [0.25, 0.3) is 0 Å². The lowest BCUT2D eigenvalue weighted by Gasteiger charge is -2.47. The number of benzene rings is 1. The molecule has 0 radical (unpaired) electrons. The predicted molar refractivity (Wildman–Crippen MR) is 84.9 cm³/mol. The van der Waals surface area contributed by atoms with Crippen LogP contribution < -0.4 is 5.73 Å². The van der Waals surface area contributed by atoms with Crippen LogP contribution in [0.5, 0.6) is 0 Å². The first kappa shape index (κ1) is 15.3. The van der Waals surface area contributed by atoms with Crippen molar-refractivity contribution in [3.05, 3.63) is 34.6 Å². The van der Waals surface area contributed by atoms with E-state index in [1.165, 1.54) is 38.5 Å². The number of hydrogen-bond acceptors (Lipinski definition) is 2. The topological polar surface area (TPSA) is 29.3 Å². The van der Waals surface area contributed by atoms with Gasteiger partial charge in [-0.3, -0.25) is 4.90 Å². The average Bonchev–Trinajstić information content (AvgIpc) is 2.52. The summed E-state index contributed by atoms with van der Waals surface area (Å²) in [5.74, 6) is 0.469. The minimum absolute atomic E-state index is 0.0467. The van der Waals surface area contributed by atoms with Crippen LogP contribution in [0, 0.1) is 11.7 Å². The summed E-state index contributed by atoms with van der Waals surface area (Å²) in [6, 6.07) is 5.79. The van der Waals surface area contributed by atoms with Crippen molar-refractivity contribution in [1.82, 2.24) is 4.90 Å². The van der Waals surface area contributed by atoms with Crippen LogP contribution >= 0.6 is 11.6 Å². The van der Waals surface area contributed by atoms with Crippen molar-refractivity contribution in [2.75, 3.05) is 13.1 Å². The Labute approximate surface area is 131 Å². The molecule has 1 saturated carbocycles. The monoisotopic (exact) mass is 310 g/mol. The van der Waals surface area contributed by atoms with Crippen LogP contribution in [-0.2, 0) is 0 Å². The number of likely N-dealkylation sites (tertiary alicyclic amines) is 1. The Morgan fingerprint density at radius 2 is 2.00 bits per heavy atom. The highest BCUT2D eigenvalue weighted by Gasteiger charge is 2.37. The normalized spacial score (nSPS) is 28.1. The second kappa shape index (κ2) is 6.64. The van der Waals surface area contributed by atoms with E-state index in [0.29, 0.717) is 18.2 Å². The fourth-order valence-corrected chi connectivity index (χ4v) is 4.45. The van der Waals surface area contributed by atoms with Gasteiger partial charge in [-0.25, -0.2) is 4.39 Å². The van der Waals surface area contributed by atoms with Crippen molar-refractivity contribution in [2.45, 2.75) is 50.6 Å². The summed E-state index contributed by atoms with van der Waals surface area (Å²) in [6.07, 6.45) is 7.68. The lowest BCUT2D eigenvalue weighted by molar-refractivity contribution is 0.0265. The van der Waals surface area contributed by atoms with E-state index in [0.717, 1.165) is 12.5 Å². The lowest BCUT2D eigenvalue weighted by atomic mass is 9.77. The molecule has 2 nitrogen and oxygen atoms in total. The zero-order valence-electron chi connectivity index (χ0n) is 12.4. The molecule has 1 aromatic rings. The van der Waals surface area contributed by atoms with E-state index in [-0.39, 0.29) is 16.9 Å². The highest BCUT2D eigenvalue weighted by atomic mass is 35.5. The van der Waals surface area contributed by atoms with Gasteiger partial charge in [-0.2, -0.15) is 0 Å². The first-order valence-corrected chi connectivity index (χ1v) is 8.50. The van der Waals surface area contributed by atoms with Crippen molar-refractivity contribution in [3.8, 4) is 0 Å². The molecule has 4 heteroatoms. The molecular weight excluding hydrogens is 287 g/mol. The number of hydrogen-bond donors (Lipinski definition) is 1. The number of fused-ring (bicyclic) bond motifs is 1. The first-order valence-electron chi connectivity index (χ1n) is 8.12. The molecule has 2 aliphatic rings. The molecule has 0 aromatic heterocycles. The second-order valence-electron chi connectivity index (χ2n) is 6.39. The molecule has 2 N–H and O–H groups in total. The Balaban J connectivity index is 1.89. The van der Waals surface area contributed by atoms with Gasteiger partial charge in [0.2, 0.25) is 0 Å². The van der Waals surface area contributed by atoms with Gasteiger partial charge in [0, 0.05) is 18.2 Å². The van der Waals surface area contributed by atoms with Crippen LogP contribution in [0.25, 0.3) is 0 Å². The molecule has 0 spiro atoms. The van der Waals surface area contributed by atoms with E-state index in [1.54, 1.807) is 6.07 Å². The zero-order chi connectivity index (χ0) is 14.8. The third-order valence-corrected chi connectivity index (χ3v) is 5.54. The fourth-order valence-electron chi connectivity index (χ4n) is 4.27. The second-order valence-corrected chi connectivity index (χ2v) is 6.79. The highest BCUT2D eigenvalue weighted by molar-refractivity contribution is 6.30. The van der Waals surface area contributed by atoms with Crippen molar-refractivity contribution in [1.29, 1.82) is 0 Å². The van der Waals surface area contributed by atoms with Crippen molar-refractivity contribution >= 4 is 11.6 Å². The number of halogens is 2. The van der Waals surface area contributed by atoms with Crippen molar-refractivity contribution in [3.63, 3.8) is 0 Å². The molecule has 3 atom stereocenters. The Hall–Kier alpha value is -0.640. The predicted octanol–water partition coefficient (Wildman–Crippen LogP) is 4.13. The minimum Gasteiger partial charge on any atom is -0.329 e. The average molecular weight is 311 g/mol. The molecule has 3 rings (SSSR count). The number of nitrogens with zero attached hydrogens (tertiary/aromatic N) is 1. The minimum atomic E-state index is -0.299. The van der Waals surface area contributed by atoms with Gasteiger partial charge in [0.05, 0.1) is 11.1 Å². The van der Waals surface area contributed by atoms with E-state index in [4.69, 9.17) is 17.3 Å². The molecule has 1 aromatic carbocycles. The Morgan fingerprint density at radius 1 is 1.24 bits per heavy atom. The third kappa shape index (κ3) is 2.96. The van der Waals surface area contributed by atoms with Gasteiger partial charge >= 0.3 is 0 Å². The molecule has 1 unspecified atom stereocenters. The fraction of sp³-hybridized carbons (Fsp3) is 0.647. The van der Waals surface area contributed by atoms with Gasteiger partial charge in [0.1, 0.15) is 5.82 Å². The van der Waals surface area contributed by atoms with E-state index in [1.807, 2.05) is 12.1 Å². The van der Waals surface area contributed by atoms with Gasteiger partial charge in [-0.05, 0) is 44.2 Å². The van der Waals surface area contributed by atoms with Crippen LogP contribution in [0.1, 0.15) is 50.1 Å². The van der Waals surface area contributed by atoms with Crippen LogP contribution in [0.4, 0.5) is 4.39 Å². The van der Waals surface area contributed by atoms with Crippen LogP contribution in [0.2, 0.25) is 5.02 Å². The van der Waals surface area contributed by atoms with Gasteiger partial charge in [0.15, 0.2) is 0 Å². The maximum absolute atomic E-state index is 14.4. The summed E-state index contributed by atoms with van der Waals surface area (Å²) in [5.41, 5.74) is 6.69. The maximum atomic E-state index is 14.4. The standard InChI is InChI=1S/C17H24ClFN2/c18-14-8-3-7-13(17(14)19)16(11-20)21-10-4-6-12-5-1-2-9-15(12)21/h3,7-8,12,15-16H,1-2,4-6,9-11,20H2/t12-,15-,16?/m1/s1. The van der Waals surface area contributed by atoms with Crippen LogP contribution in [-0.4, -0.2) is 24.0 Å². The molecular formula is C17H24ClFN2. The number of rotatable bonds is 3. The Morgan fingerprint density at radius 3 is 2.81 bits per heavy atom. The Bertz CT molecular complexity index is 492. The maximum Gasteiger partial charge on any atom is 0.146 e. The lowest BCUT2D eigenvalue weighted by Crippen LogP contribution is -2.50. The largest absolute Gasteiger partial charge is 0.329 e. The summed E-state index contributed by atoms with van der Waals surface area (Å²) in [5, 5.41) is 0.197. The smallest absolute Gasteiger partial charge is 0.146 e. The molecule has 2 fully saturated rings. The summed E-state index contributed by atoms with van der Waals surface area (Å²) in [7, 11) is 0. The summed E-state index contributed by atoms with van der Waals surface area (Å²) >= 11 is 5.96. The van der Waals surface area contributed by atoms with E-state index < -0.39 is 0 Å². The van der Waals surface area contributed by atoms with E-state index in [2.05, 4.69) is 4.90 Å². The third-order valence-electron chi connectivity index (χ3n) is 5.25. The summed E-state index contributed by atoms with van der Waals surface area (Å²) in [4.78, 5) is 2.46. The Kier molecular flexibility index (Phi) is 4.82. The van der Waals surface area contributed by atoms with Gasteiger partial charge in [-0.15, -0.1) is 0 Å². The first-order chi connectivity index (χ1) is 10.2. The summed E-state index contributed by atoms with van der Waals surface area (Å²) in [6.45, 7) is 1.47. The molecule has 1 aliphatic heterocycles. The highest BCUT2D eigenvalue weighted by Crippen LogP contribution is 2.40. The number of piperidine rings is 1. The molecule has 1 saturated heterocycles. The van der Waals surface area contributed by atoms with Gasteiger partial charge in [-0.1, -0.05) is 36.6 Å². The molecule has 0 amide bonds. The van der Waals surface area contributed by atoms with Crippen LogP contribution in [0.15, 0.2) is 18.2 Å². The molecule has 1 heterocycles. The van der Waals surface area contributed by atoms with Crippen LogP contribution in [0.3, 0.4) is 0 Å². The molecule has 116 valence electrons. The zero-order valence-corrected chi connectivity index (χ0v) is 13.2. The summed E-state index contributed by atoms with van der Waals surface area (Å²) < 4.78 is 14.4. The molecule has 21 heavy (non-hydrogen) atoms. The van der Waals surface area contributed by atoms with Crippen molar-refractivity contribution < 1.29 is 4.39 Å². The molecule has 1 aliphatic carbocycles.